The number of methoxy groups -OCH3 is 1. The number of hydrogen-bond donors (Lipinski definition) is 1. The Kier molecular flexibility index (Phi) is 4.69. The Morgan fingerprint density at radius 3 is 2.14 bits per heavy atom. The molecule has 0 aromatic carbocycles. The van der Waals surface area contributed by atoms with Crippen molar-refractivity contribution in [3.63, 3.8) is 0 Å². The zero-order valence-electron chi connectivity index (χ0n) is 12.8. The highest BCUT2D eigenvalue weighted by atomic mass is 16.8. The van der Waals surface area contributed by atoms with E-state index >= 15 is 0 Å². The summed E-state index contributed by atoms with van der Waals surface area (Å²) in [5.74, 6) is -2.77. The zero-order valence-corrected chi connectivity index (χ0v) is 12.8. The first-order chi connectivity index (χ1) is 10.3. The van der Waals surface area contributed by atoms with Crippen molar-refractivity contribution in [2.45, 2.75) is 51.1 Å². The summed E-state index contributed by atoms with van der Waals surface area (Å²) in [4.78, 5) is 34.2. The minimum absolute atomic E-state index is 0.162. The first-order valence-corrected chi connectivity index (χ1v) is 6.75. The SMILES string of the molecule is CO[C@@H]1OC2(CO2)[C@@H](OC(C)=O)[C@H](OC(C)=O)[C@H]1NC(C)=O. The molecule has 1 amide bonds. The van der Waals surface area contributed by atoms with Gasteiger partial charge in [0.25, 0.3) is 0 Å². The van der Waals surface area contributed by atoms with Crippen molar-refractivity contribution < 1.29 is 38.1 Å². The highest BCUT2D eigenvalue weighted by molar-refractivity contribution is 5.73. The number of carbonyl (C=O) groups excluding carboxylic acids is 3. The average molecular weight is 317 g/mol. The van der Waals surface area contributed by atoms with Crippen molar-refractivity contribution in [2.24, 2.45) is 0 Å². The summed E-state index contributed by atoms with van der Waals surface area (Å²) in [6.07, 6.45) is -2.91. The molecule has 1 N–H and O–H groups in total. The predicted octanol–water partition coefficient (Wildman–Crippen LogP) is -0.916. The normalized spacial score (nSPS) is 36.5. The fourth-order valence-electron chi connectivity index (χ4n) is 2.48. The molecule has 0 aromatic rings. The van der Waals surface area contributed by atoms with Gasteiger partial charge in [-0.1, -0.05) is 0 Å². The predicted molar refractivity (Wildman–Crippen MR) is 69.3 cm³/mol. The number of amides is 1. The van der Waals surface area contributed by atoms with Gasteiger partial charge in [-0.25, -0.2) is 0 Å². The number of nitrogens with one attached hydrogen (secondary N) is 1. The van der Waals surface area contributed by atoms with E-state index in [2.05, 4.69) is 5.32 Å². The molecule has 2 rings (SSSR count). The van der Waals surface area contributed by atoms with E-state index in [1.807, 2.05) is 0 Å². The maximum atomic E-state index is 11.4. The molecule has 0 saturated carbocycles. The molecule has 5 atom stereocenters. The zero-order chi connectivity index (χ0) is 16.5. The summed E-state index contributed by atoms with van der Waals surface area (Å²) in [6.45, 7) is 3.90. The van der Waals surface area contributed by atoms with Crippen LogP contribution in [0.2, 0.25) is 0 Å². The van der Waals surface area contributed by atoms with E-state index in [1.54, 1.807) is 0 Å². The number of hydrogen-bond acceptors (Lipinski definition) is 8. The third-order valence-electron chi connectivity index (χ3n) is 3.32. The Morgan fingerprint density at radius 1 is 1.14 bits per heavy atom. The van der Waals surface area contributed by atoms with E-state index in [0.717, 1.165) is 0 Å². The number of carbonyl (C=O) groups is 3. The minimum atomic E-state index is -1.22. The largest absolute Gasteiger partial charge is 0.456 e. The fourth-order valence-corrected chi connectivity index (χ4v) is 2.48. The summed E-state index contributed by atoms with van der Waals surface area (Å²) >= 11 is 0. The molecule has 1 spiro atoms. The van der Waals surface area contributed by atoms with Crippen molar-refractivity contribution in [3.8, 4) is 0 Å². The lowest BCUT2D eigenvalue weighted by molar-refractivity contribution is -0.298. The summed E-state index contributed by atoms with van der Waals surface area (Å²) in [5.41, 5.74) is 0. The fraction of sp³-hybridized carbons (Fsp3) is 0.769. The number of ether oxygens (including phenoxy) is 5. The first kappa shape index (κ1) is 16.7. The van der Waals surface area contributed by atoms with Crippen LogP contribution in [0.3, 0.4) is 0 Å². The molecule has 2 aliphatic rings. The van der Waals surface area contributed by atoms with Crippen molar-refractivity contribution in [1.82, 2.24) is 5.32 Å². The molecule has 22 heavy (non-hydrogen) atoms. The van der Waals surface area contributed by atoms with Crippen LogP contribution >= 0.6 is 0 Å². The van der Waals surface area contributed by atoms with E-state index < -0.39 is 42.3 Å². The van der Waals surface area contributed by atoms with Gasteiger partial charge in [-0.05, 0) is 0 Å². The van der Waals surface area contributed by atoms with E-state index in [9.17, 15) is 14.4 Å². The summed E-state index contributed by atoms with van der Waals surface area (Å²) in [7, 11) is 1.38. The van der Waals surface area contributed by atoms with Gasteiger partial charge in [0.15, 0.2) is 18.5 Å². The van der Waals surface area contributed by atoms with Gasteiger partial charge in [0.05, 0.1) is 0 Å². The van der Waals surface area contributed by atoms with Gasteiger partial charge < -0.3 is 29.0 Å². The quantitative estimate of drug-likeness (QED) is 0.523. The molecule has 0 aliphatic carbocycles. The van der Waals surface area contributed by atoms with Crippen LogP contribution in [0.5, 0.6) is 0 Å². The molecule has 1 unspecified atom stereocenters. The van der Waals surface area contributed by atoms with E-state index in [0.29, 0.717) is 0 Å². The molecule has 9 heteroatoms. The van der Waals surface area contributed by atoms with Gasteiger partial charge in [-0.15, -0.1) is 0 Å². The van der Waals surface area contributed by atoms with Crippen LogP contribution in [0.4, 0.5) is 0 Å². The molecule has 2 heterocycles. The Hall–Kier alpha value is -1.71. The van der Waals surface area contributed by atoms with Crippen molar-refractivity contribution >= 4 is 17.8 Å². The monoisotopic (exact) mass is 317 g/mol. The number of epoxide rings is 1. The molecule has 2 aliphatic heterocycles. The Morgan fingerprint density at radius 2 is 1.73 bits per heavy atom. The average Bonchev–Trinajstić information content (AvgIpc) is 3.16. The molecule has 0 radical (unpaired) electrons. The molecule has 9 nitrogen and oxygen atoms in total. The second kappa shape index (κ2) is 6.19. The van der Waals surface area contributed by atoms with Gasteiger partial charge >= 0.3 is 11.9 Å². The van der Waals surface area contributed by atoms with Gasteiger partial charge in [-0.3, -0.25) is 14.4 Å². The maximum Gasteiger partial charge on any atom is 0.303 e. The third-order valence-corrected chi connectivity index (χ3v) is 3.32. The van der Waals surface area contributed by atoms with Crippen LogP contribution in [0.1, 0.15) is 20.8 Å². The van der Waals surface area contributed by atoms with Gasteiger partial charge in [-0.2, -0.15) is 0 Å². The molecular weight excluding hydrogens is 298 g/mol. The smallest absolute Gasteiger partial charge is 0.303 e. The topological polar surface area (TPSA) is 113 Å². The van der Waals surface area contributed by atoms with Gasteiger partial charge in [0.2, 0.25) is 11.7 Å². The standard InChI is InChI=1S/C13H19NO8/c1-6(15)14-9-10(20-7(2)16)11(21-8(3)17)13(5-19-13)22-12(9)18-4/h9-12H,5H2,1-4H3,(H,14,15)/t9-,10-,11+,12-,13?/m1/s1. The second-order valence-electron chi connectivity index (χ2n) is 5.15. The summed E-state index contributed by atoms with van der Waals surface area (Å²) in [5, 5.41) is 2.59. The second-order valence-corrected chi connectivity index (χ2v) is 5.15. The lowest BCUT2D eigenvalue weighted by atomic mass is 9.96. The lowest BCUT2D eigenvalue weighted by Gasteiger charge is -2.43. The summed E-state index contributed by atoms with van der Waals surface area (Å²) in [6, 6.07) is -0.842. The Balaban J connectivity index is 2.33. The molecular formula is C13H19NO8. The third kappa shape index (κ3) is 3.37. The number of esters is 2. The van der Waals surface area contributed by atoms with Crippen LogP contribution in [-0.2, 0) is 38.1 Å². The molecule has 0 aromatic heterocycles. The van der Waals surface area contributed by atoms with Crippen molar-refractivity contribution in [3.05, 3.63) is 0 Å². The van der Waals surface area contributed by atoms with Crippen LogP contribution in [0, 0.1) is 0 Å². The van der Waals surface area contributed by atoms with Gasteiger partial charge in [0, 0.05) is 27.9 Å². The van der Waals surface area contributed by atoms with E-state index in [1.165, 1.54) is 27.9 Å². The highest BCUT2D eigenvalue weighted by Crippen LogP contribution is 2.43. The maximum absolute atomic E-state index is 11.4. The number of rotatable bonds is 4. The Labute approximate surface area is 127 Å². The highest BCUT2D eigenvalue weighted by Gasteiger charge is 2.67. The molecule has 0 bridgehead atoms. The van der Waals surface area contributed by atoms with Crippen molar-refractivity contribution in [1.29, 1.82) is 0 Å². The lowest BCUT2D eigenvalue weighted by Crippen LogP contribution is -2.67. The minimum Gasteiger partial charge on any atom is -0.456 e. The van der Waals surface area contributed by atoms with Crippen LogP contribution < -0.4 is 5.32 Å². The molecule has 124 valence electrons. The van der Waals surface area contributed by atoms with Gasteiger partial charge in [0.1, 0.15) is 12.6 Å². The van der Waals surface area contributed by atoms with Crippen LogP contribution in [0.25, 0.3) is 0 Å². The molecule has 2 fully saturated rings. The first-order valence-electron chi connectivity index (χ1n) is 6.75. The van der Waals surface area contributed by atoms with Crippen LogP contribution in [0.15, 0.2) is 0 Å². The van der Waals surface area contributed by atoms with Crippen molar-refractivity contribution in [2.75, 3.05) is 13.7 Å². The van der Waals surface area contributed by atoms with Crippen LogP contribution in [-0.4, -0.2) is 61.9 Å². The summed E-state index contributed by atoms with van der Waals surface area (Å²) < 4.78 is 26.6. The Bertz CT molecular complexity index is 475. The van der Waals surface area contributed by atoms with E-state index in [4.69, 9.17) is 23.7 Å². The molecule has 2 saturated heterocycles. The van der Waals surface area contributed by atoms with E-state index in [-0.39, 0.29) is 12.5 Å².